The summed E-state index contributed by atoms with van der Waals surface area (Å²) in [5, 5.41) is 19.4. The van der Waals surface area contributed by atoms with E-state index in [1.54, 1.807) is 12.3 Å². The van der Waals surface area contributed by atoms with Crippen molar-refractivity contribution < 1.29 is 10.2 Å². The average molecular weight is 233 g/mol. The number of hydrogen-bond donors (Lipinski definition) is 3. The van der Waals surface area contributed by atoms with Gasteiger partial charge in [-0.15, -0.1) is 12.6 Å². The van der Waals surface area contributed by atoms with Crippen molar-refractivity contribution in [3.8, 4) is 11.5 Å². The quantitative estimate of drug-likeness (QED) is 0.698. The number of benzene rings is 1. The standard InChI is InChI=1S/C12H11NO2S/c14-10-4-5-11(16)12(15)9(10)7-8-3-1-2-6-13-8/h1-6,14-16H,7H2. The van der Waals surface area contributed by atoms with Crippen LogP contribution in [0.15, 0.2) is 41.4 Å². The van der Waals surface area contributed by atoms with Crippen LogP contribution in [0.5, 0.6) is 11.5 Å². The summed E-state index contributed by atoms with van der Waals surface area (Å²) in [4.78, 5) is 4.59. The Balaban J connectivity index is 2.38. The van der Waals surface area contributed by atoms with E-state index in [1.807, 2.05) is 18.2 Å². The highest BCUT2D eigenvalue weighted by atomic mass is 32.1. The molecule has 0 atom stereocenters. The van der Waals surface area contributed by atoms with E-state index < -0.39 is 0 Å². The van der Waals surface area contributed by atoms with Crippen molar-refractivity contribution in [1.29, 1.82) is 0 Å². The number of thiol groups is 1. The fraction of sp³-hybridized carbons (Fsp3) is 0.0833. The third-order valence-electron chi connectivity index (χ3n) is 2.32. The molecule has 0 saturated heterocycles. The molecule has 0 amide bonds. The van der Waals surface area contributed by atoms with E-state index in [4.69, 9.17) is 0 Å². The summed E-state index contributed by atoms with van der Waals surface area (Å²) in [5.41, 5.74) is 1.23. The summed E-state index contributed by atoms with van der Waals surface area (Å²) in [7, 11) is 0. The van der Waals surface area contributed by atoms with Crippen molar-refractivity contribution in [3.05, 3.63) is 47.8 Å². The molecule has 1 heterocycles. The number of phenolic OH excluding ortho intramolecular Hbond substituents is 2. The van der Waals surface area contributed by atoms with Gasteiger partial charge in [-0.25, -0.2) is 0 Å². The van der Waals surface area contributed by atoms with E-state index >= 15 is 0 Å². The molecule has 0 saturated carbocycles. The van der Waals surface area contributed by atoms with Gasteiger partial charge < -0.3 is 10.2 Å². The van der Waals surface area contributed by atoms with Crippen LogP contribution in [0.25, 0.3) is 0 Å². The van der Waals surface area contributed by atoms with Crippen LogP contribution in [0.1, 0.15) is 11.3 Å². The van der Waals surface area contributed by atoms with Crippen molar-refractivity contribution >= 4 is 12.6 Å². The van der Waals surface area contributed by atoms with Gasteiger partial charge in [0.25, 0.3) is 0 Å². The molecule has 2 rings (SSSR count). The van der Waals surface area contributed by atoms with Crippen LogP contribution >= 0.6 is 12.6 Å². The van der Waals surface area contributed by atoms with Gasteiger partial charge in [0.05, 0.1) is 0 Å². The Morgan fingerprint density at radius 1 is 1.12 bits per heavy atom. The Bertz CT molecular complexity index is 500. The second kappa shape index (κ2) is 4.45. The second-order valence-electron chi connectivity index (χ2n) is 3.43. The van der Waals surface area contributed by atoms with Gasteiger partial charge in [-0.2, -0.15) is 0 Å². The molecule has 2 N–H and O–H groups in total. The van der Waals surface area contributed by atoms with E-state index in [2.05, 4.69) is 17.6 Å². The molecule has 3 nitrogen and oxygen atoms in total. The predicted molar refractivity (Wildman–Crippen MR) is 64.1 cm³/mol. The van der Waals surface area contributed by atoms with Crippen molar-refractivity contribution in [2.24, 2.45) is 0 Å². The molecular weight excluding hydrogens is 222 g/mol. The van der Waals surface area contributed by atoms with Crippen molar-refractivity contribution in [2.45, 2.75) is 11.3 Å². The number of rotatable bonds is 2. The Morgan fingerprint density at radius 2 is 1.94 bits per heavy atom. The molecule has 0 aliphatic rings. The lowest BCUT2D eigenvalue weighted by molar-refractivity contribution is 0.431. The first-order valence-electron chi connectivity index (χ1n) is 4.81. The van der Waals surface area contributed by atoms with Gasteiger partial charge in [-0.1, -0.05) is 6.07 Å². The molecule has 0 aliphatic carbocycles. The largest absolute Gasteiger partial charge is 0.508 e. The number of pyridine rings is 1. The summed E-state index contributed by atoms with van der Waals surface area (Å²) in [5.74, 6) is 0.0648. The van der Waals surface area contributed by atoms with Gasteiger partial charge >= 0.3 is 0 Å². The van der Waals surface area contributed by atoms with Crippen LogP contribution in [0.4, 0.5) is 0 Å². The summed E-state index contributed by atoms with van der Waals surface area (Å²) in [6, 6.07) is 8.58. The zero-order chi connectivity index (χ0) is 11.5. The molecule has 0 fully saturated rings. The van der Waals surface area contributed by atoms with E-state index in [1.165, 1.54) is 6.07 Å². The fourth-order valence-electron chi connectivity index (χ4n) is 1.47. The maximum absolute atomic E-state index is 9.78. The molecule has 16 heavy (non-hydrogen) atoms. The number of hydrogen-bond acceptors (Lipinski definition) is 4. The molecule has 0 aliphatic heterocycles. The minimum Gasteiger partial charge on any atom is -0.508 e. The Kier molecular flexibility index (Phi) is 3.01. The lowest BCUT2D eigenvalue weighted by Crippen LogP contribution is -1.93. The highest BCUT2D eigenvalue weighted by molar-refractivity contribution is 7.80. The van der Waals surface area contributed by atoms with Crippen LogP contribution in [-0.2, 0) is 6.42 Å². The second-order valence-corrected chi connectivity index (χ2v) is 3.91. The topological polar surface area (TPSA) is 53.4 Å². The van der Waals surface area contributed by atoms with E-state index in [0.717, 1.165) is 5.69 Å². The first-order valence-corrected chi connectivity index (χ1v) is 5.26. The number of aromatic nitrogens is 1. The average Bonchev–Trinajstić information content (AvgIpc) is 2.31. The Morgan fingerprint density at radius 3 is 2.62 bits per heavy atom. The fourth-order valence-corrected chi connectivity index (χ4v) is 1.68. The van der Waals surface area contributed by atoms with Gasteiger partial charge in [0.1, 0.15) is 11.5 Å². The lowest BCUT2D eigenvalue weighted by Gasteiger charge is -2.08. The molecule has 0 bridgehead atoms. The first-order chi connectivity index (χ1) is 7.68. The molecule has 2 aromatic rings. The van der Waals surface area contributed by atoms with Crippen molar-refractivity contribution in [3.63, 3.8) is 0 Å². The third kappa shape index (κ3) is 2.12. The third-order valence-corrected chi connectivity index (χ3v) is 2.68. The molecule has 0 radical (unpaired) electrons. The van der Waals surface area contributed by atoms with Crippen LogP contribution in [0.3, 0.4) is 0 Å². The molecule has 1 aromatic carbocycles. The summed E-state index contributed by atoms with van der Waals surface area (Å²) >= 11 is 4.10. The molecule has 0 unspecified atom stereocenters. The van der Waals surface area contributed by atoms with Gasteiger partial charge in [-0.05, 0) is 24.3 Å². The smallest absolute Gasteiger partial charge is 0.136 e. The highest BCUT2D eigenvalue weighted by Gasteiger charge is 2.11. The molecular formula is C12H11NO2S. The number of nitrogens with zero attached hydrogens (tertiary/aromatic N) is 1. The SMILES string of the molecule is Oc1ccc(S)c(O)c1Cc1ccccn1. The van der Waals surface area contributed by atoms with E-state index in [0.29, 0.717) is 16.9 Å². The number of phenols is 2. The van der Waals surface area contributed by atoms with Crippen molar-refractivity contribution in [2.75, 3.05) is 0 Å². The Labute approximate surface area is 98.8 Å². The predicted octanol–water partition coefficient (Wildman–Crippen LogP) is 2.37. The number of aromatic hydroxyl groups is 2. The van der Waals surface area contributed by atoms with Crippen LogP contribution in [0, 0.1) is 0 Å². The zero-order valence-corrected chi connectivity index (χ0v) is 9.35. The summed E-state index contributed by atoms with van der Waals surface area (Å²) < 4.78 is 0. The van der Waals surface area contributed by atoms with Crippen molar-refractivity contribution in [1.82, 2.24) is 4.98 Å². The minimum absolute atomic E-state index is 0.00832. The van der Waals surface area contributed by atoms with Gasteiger partial charge in [0.15, 0.2) is 0 Å². The summed E-state index contributed by atoms with van der Waals surface area (Å²) in [6.07, 6.45) is 2.06. The molecule has 0 spiro atoms. The highest BCUT2D eigenvalue weighted by Crippen LogP contribution is 2.33. The van der Waals surface area contributed by atoms with Crippen LogP contribution in [0.2, 0.25) is 0 Å². The first kappa shape index (κ1) is 10.8. The van der Waals surface area contributed by atoms with Crippen LogP contribution in [-0.4, -0.2) is 15.2 Å². The normalized spacial score (nSPS) is 10.3. The molecule has 4 heteroatoms. The minimum atomic E-state index is 0.00832. The zero-order valence-electron chi connectivity index (χ0n) is 8.46. The molecule has 1 aromatic heterocycles. The Hall–Kier alpha value is -1.68. The maximum Gasteiger partial charge on any atom is 0.136 e. The summed E-state index contributed by atoms with van der Waals surface area (Å²) in [6.45, 7) is 0. The van der Waals surface area contributed by atoms with Gasteiger partial charge in [0, 0.05) is 28.8 Å². The van der Waals surface area contributed by atoms with E-state index in [-0.39, 0.29) is 11.5 Å². The monoisotopic (exact) mass is 233 g/mol. The maximum atomic E-state index is 9.78. The van der Waals surface area contributed by atoms with E-state index in [9.17, 15) is 10.2 Å². The lowest BCUT2D eigenvalue weighted by atomic mass is 10.1. The van der Waals surface area contributed by atoms with Crippen LogP contribution < -0.4 is 0 Å². The van der Waals surface area contributed by atoms with Gasteiger partial charge in [-0.3, -0.25) is 4.98 Å². The van der Waals surface area contributed by atoms with Gasteiger partial charge in [0.2, 0.25) is 0 Å². The molecule has 82 valence electrons.